The molecule has 0 fully saturated rings. The van der Waals surface area contributed by atoms with Crippen LogP contribution in [-0.2, 0) is 11.4 Å². The average Bonchev–Trinajstić information content (AvgIpc) is 3.10. The molecule has 2 aromatic carbocycles. The third-order valence-corrected chi connectivity index (χ3v) is 5.00. The molecule has 0 aliphatic carbocycles. The minimum Gasteiger partial charge on any atom is -0.497 e. The van der Waals surface area contributed by atoms with Crippen molar-refractivity contribution in [3.8, 4) is 11.5 Å². The van der Waals surface area contributed by atoms with Gasteiger partial charge in [-0.2, -0.15) is 5.10 Å². The molecule has 1 heterocycles. The molecule has 2 aromatic rings. The topological polar surface area (TPSA) is 51.1 Å². The molecule has 3 rings (SSSR count). The molecular formula is C18H16Br2N2O3. The largest absolute Gasteiger partial charge is 0.497 e. The predicted molar refractivity (Wildman–Crippen MR) is 103 cm³/mol. The van der Waals surface area contributed by atoms with Crippen LogP contribution in [0.5, 0.6) is 11.5 Å². The van der Waals surface area contributed by atoms with E-state index >= 15 is 0 Å². The number of benzene rings is 2. The summed E-state index contributed by atoms with van der Waals surface area (Å²) in [4.78, 5) is 10.8. The lowest BCUT2D eigenvalue weighted by Gasteiger charge is -2.12. The molecule has 1 aliphatic rings. The van der Waals surface area contributed by atoms with Gasteiger partial charge in [0.05, 0.1) is 21.8 Å². The fourth-order valence-corrected chi connectivity index (χ4v) is 3.91. The molecule has 0 aromatic heterocycles. The summed E-state index contributed by atoms with van der Waals surface area (Å²) in [5.74, 6) is 1.54. The van der Waals surface area contributed by atoms with E-state index in [0.29, 0.717) is 13.2 Å². The van der Waals surface area contributed by atoms with Crippen LogP contribution in [0.25, 0.3) is 0 Å². The van der Waals surface area contributed by atoms with Gasteiger partial charge in [-0.05, 0) is 61.7 Å². The van der Waals surface area contributed by atoms with Gasteiger partial charge in [0.2, 0.25) is 6.41 Å². The van der Waals surface area contributed by atoms with Crippen LogP contribution in [0, 0.1) is 0 Å². The van der Waals surface area contributed by atoms with E-state index < -0.39 is 0 Å². The van der Waals surface area contributed by atoms with Gasteiger partial charge in [0.25, 0.3) is 0 Å². The molecule has 7 heteroatoms. The molecule has 0 saturated heterocycles. The normalized spacial score (nSPS) is 13.6. The summed E-state index contributed by atoms with van der Waals surface area (Å²) in [7, 11) is 1.64. The molecule has 0 spiro atoms. The number of amides is 1. The van der Waals surface area contributed by atoms with Crippen molar-refractivity contribution >= 4 is 44.0 Å². The molecule has 0 radical (unpaired) electrons. The lowest BCUT2D eigenvalue weighted by Crippen LogP contribution is -2.09. The zero-order valence-electron chi connectivity index (χ0n) is 13.5. The number of hydrogen-bond acceptors (Lipinski definition) is 4. The maximum Gasteiger partial charge on any atom is 0.229 e. The van der Waals surface area contributed by atoms with Crippen LogP contribution in [0.15, 0.2) is 50.4 Å². The Morgan fingerprint density at radius 1 is 1.20 bits per heavy atom. The lowest BCUT2D eigenvalue weighted by atomic mass is 10.1. The SMILES string of the molecule is COc1ccc(COc2c(Br)cc(C3=NN(C=O)CC3)cc2Br)cc1. The van der Waals surface area contributed by atoms with Crippen molar-refractivity contribution in [2.24, 2.45) is 5.10 Å². The first-order chi connectivity index (χ1) is 12.1. The third kappa shape index (κ3) is 4.22. The molecule has 0 bridgehead atoms. The van der Waals surface area contributed by atoms with E-state index in [9.17, 15) is 4.79 Å². The third-order valence-electron chi connectivity index (χ3n) is 3.82. The number of rotatable bonds is 6. The second kappa shape index (κ2) is 8.01. The number of carbonyl (C=O) groups excluding carboxylic acids is 1. The standard InChI is InChI=1S/C18H16Br2N2O3/c1-24-14-4-2-12(3-5-14)10-25-18-15(19)8-13(9-16(18)20)17-6-7-22(11-23)21-17/h2-5,8-9,11H,6-7,10H2,1H3. The maximum atomic E-state index is 10.8. The number of nitrogens with zero attached hydrogens (tertiary/aromatic N) is 2. The summed E-state index contributed by atoms with van der Waals surface area (Å²) < 4.78 is 12.8. The van der Waals surface area contributed by atoms with Gasteiger partial charge in [0, 0.05) is 18.5 Å². The van der Waals surface area contributed by atoms with E-state index in [1.807, 2.05) is 36.4 Å². The summed E-state index contributed by atoms with van der Waals surface area (Å²) >= 11 is 7.12. The molecular weight excluding hydrogens is 452 g/mol. The van der Waals surface area contributed by atoms with Crippen molar-refractivity contribution in [3.63, 3.8) is 0 Å². The minimum absolute atomic E-state index is 0.445. The zero-order chi connectivity index (χ0) is 17.8. The Balaban J connectivity index is 1.75. The molecule has 0 unspecified atom stereocenters. The monoisotopic (exact) mass is 466 g/mol. The highest BCUT2D eigenvalue weighted by atomic mass is 79.9. The minimum atomic E-state index is 0.445. The van der Waals surface area contributed by atoms with Crippen LogP contribution in [0.3, 0.4) is 0 Å². The number of carbonyl (C=O) groups is 1. The summed E-state index contributed by atoms with van der Waals surface area (Å²) in [6.45, 7) is 1.06. The fraction of sp³-hybridized carbons (Fsp3) is 0.222. The molecule has 5 nitrogen and oxygen atoms in total. The Morgan fingerprint density at radius 2 is 1.88 bits per heavy atom. The summed E-state index contributed by atoms with van der Waals surface area (Å²) in [6, 6.07) is 11.7. The number of hydrogen-bond donors (Lipinski definition) is 0. The quantitative estimate of drug-likeness (QED) is 0.593. The van der Waals surface area contributed by atoms with Gasteiger partial charge in [-0.15, -0.1) is 0 Å². The molecule has 1 amide bonds. The van der Waals surface area contributed by atoms with Crippen LogP contribution in [-0.4, -0.2) is 30.8 Å². The van der Waals surface area contributed by atoms with Crippen LogP contribution in [0.2, 0.25) is 0 Å². The van der Waals surface area contributed by atoms with Crippen molar-refractivity contribution < 1.29 is 14.3 Å². The lowest BCUT2D eigenvalue weighted by molar-refractivity contribution is -0.117. The van der Waals surface area contributed by atoms with Crippen molar-refractivity contribution in [1.29, 1.82) is 0 Å². The van der Waals surface area contributed by atoms with Crippen molar-refractivity contribution in [2.45, 2.75) is 13.0 Å². The van der Waals surface area contributed by atoms with Gasteiger partial charge in [-0.1, -0.05) is 12.1 Å². The van der Waals surface area contributed by atoms with Crippen LogP contribution < -0.4 is 9.47 Å². The number of ether oxygens (including phenoxy) is 2. The van der Waals surface area contributed by atoms with Crippen molar-refractivity contribution in [3.05, 3.63) is 56.5 Å². The van der Waals surface area contributed by atoms with Gasteiger partial charge >= 0.3 is 0 Å². The van der Waals surface area contributed by atoms with Gasteiger partial charge < -0.3 is 9.47 Å². The van der Waals surface area contributed by atoms with Crippen LogP contribution >= 0.6 is 31.9 Å². The average molecular weight is 468 g/mol. The van der Waals surface area contributed by atoms with Crippen LogP contribution in [0.4, 0.5) is 0 Å². The molecule has 1 aliphatic heterocycles. The van der Waals surface area contributed by atoms with Gasteiger partial charge in [-0.3, -0.25) is 4.79 Å². The predicted octanol–water partition coefficient (Wildman–Crippen LogP) is 4.37. The molecule has 0 N–H and O–H groups in total. The second-order valence-electron chi connectivity index (χ2n) is 5.47. The van der Waals surface area contributed by atoms with Gasteiger partial charge in [0.1, 0.15) is 18.1 Å². The van der Waals surface area contributed by atoms with E-state index in [0.717, 1.165) is 50.1 Å². The van der Waals surface area contributed by atoms with E-state index in [2.05, 4.69) is 37.0 Å². The highest BCUT2D eigenvalue weighted by molar-refractivity contribution is 9.11. The Kier molecular flexibility index (Phi) is 5.75. The molecule has 130 valence electrons. The highest BCUT2D eigenvalue weighted by Crippen LogP contribution is 2.36. The number of hydrazone groups is 1. The first-order valence-corrected chi connectivity index (χ1v) is 9.24. The summed E-state index contributed by atoms with van der Waals surface area (Å²) in [5.41, 5.74) is 2.89. The summed E-state index contributed by atoms with van der Waals surface area (Å²) in [6.07, 6.45) is 1.48. The van der Waals surface area contributed by atoms with E-state index in [4.69, 9.17) is 9.47 Å². The Morgan fingerprint density at radius 3 is 2.44 bits per heavy atom. The Bertz CT molecular complexity index is 783. The second-order valence-corrected chi connectivity index (χ2v) is 7.18. The van der Waals surface area contributed by atoms with E-state index in [-0.39, 0.29) is 0 Å². The zero-order valence-corrected chi connectivity index (χ0v) is 16.7. The first kappa shape index (κ1) is 17.9. The van der Waals surface area contributed by atoms with Crippen molar-refractivity contribution in [1.82, 2.24) is 5.01 Å². The fourth-order valence-electron chi connectivity index (χ4n) is 2.50. The number of methoxy groups -OCH3 is 1. The van der Waals surface area contributed by atoms with Crippen LogP contribution in [0.1, 0.15) is 17.5 Å². The Labute approximate surface area is 162 Å². The highest BCUT2D eigenvalue weighted by Gasteiger charge is 2.18. The Hall–Kier alpha value is -1.86. The van der Waals surface area contributed by atoms with Gasteiger partial charge in [-0.25, -0.2) is 5.01 Å². The molecule has 0 atom stereocenters. The molecule has 0 saturated carbocycles. The first-order valence-electron chi connectivity index (χ1n) is 7.65. The van der Waals surface area contributed by atoms with Crippen molar-refractivity contribution in [2.75, 3.05) is 13.7 Å². The van der Waals surface area contributed by atoms with Gasteiger partial charge in [0.15, 0.2) is 0 Å². The smallest absolute Gasteiger partial charge is 0.229 e. The van der Waals surface area contributed by atoms with E-state index in [1.54, 1.807) is 7.11 Å². The summed E-state index contributed by atoms with van der Waals surface area (Å²) in [5, 5.41) is 5.69. The van der Waals surface area contributed by atoms with E-state index in [1.165, 1.54) is 5.01 Å². The number of halogens is 2. The molecule has 25 heavy (non-hydrogen) atoms. The maximum absolute atomic E-state index is 10.8.